The molecule has 0 saturated carbocycles. The van der Waals surface area contributed by atoms with Crippen molar-refractivity contribution in [1.82, 2.24) is 19.4 Å². The summed E-state index contributed by atoms with van der Waals surface area (Å²) in [5.41, 5.74) is 1.50. The molecule has 0 aliphatic carbocycles. The van der Waals surface area contributed by atoms with Gasteiger partial charge in [-0.2, -0.15) is 0 Å². The number of aryl methyl sites for hydroxylation is 2. The molecule has 152 valence electrons. The van der Waals surface area contributed by atoms with Gasteiger partial charge in [0.25, 0.3) is 11.5 Å². The average Bonchev–Trinajstić information content (AvgIpc) is 3.05. The van der Waals surface area contributed by atoms with Crippen molar-refractivity contribution < 1.29 is 9.18 Å². The lowest BCUT2D eigenvalue weighted by Crippen LogP contribution is -2.34. The summed E-state index contributed by atoms with van der Waals surface area (Å²) in [4.78, 5) is 41.0. The molecule has 30 heavy (non-hydrogen) atoms. The topological polar surface area (TPSA) is 88.9 Å². The van der Waals surface area contributed by atoms with Gasteiger partial charge in [-0.15, -0.1) is 0 Å². The first kappa shape index (κ1) is 19.4. The van der Waals surface area contributed by atoms with Crippen LogP contribution in [0.25, 0.3) is 16.7 Å². The minimum Gasteiger partial charge on any atom is -0.348 e. The summed E-state index contributed by atoms with van der Waals surface area (Å²) in [5, 5.41) is 2.81. The highest BCUT2D eigenvalue weighted by molar-refractivity contribution is 6.05. The van der Waals surface area contributed by atoms with Gasteiger partial charge in [0, 0.05) is 19.8 Å². The SMILES string of the molecule is Cc1ccc(CNC(=O)c2cn(C)c3c(=O)n(-c4ccc(F)cc4)c(=O)[nH]c23)cc1. The monoisotopic (exact) mass is 406 g/mol. The zero-order valence-corrected chi connectivity index (χ0v) is 16.4. The maximum Gasteiger partial charge on any atom is 0.333 e. The number of nitrogens with zero attached hydrogens (tertiary/aromatic N) is 2. The molecule has 0 radical (unpaired) electrons. The van der Waals surface area contributed by atoms with Gasteiger partial charge in [-0.25, -0.2) is 13.8 Å². The number of amides is 1. The summed E-state index contributed by atoms with van der Waals surface area (Å²) in [7, 11) is 1.62. The largest absolute Gasteiger partial charge is 0.348 e. The van der Waals surface area contributed by atoms with E-state index >= 15 is 0 Å². The summed E-state index contributed by atoms with van der Waals surface area (Å²) < 4.78 is 15.6. The van der Waals surface area contributed by atoms with Gasteiger partial charge in [-0.1, -0.05) is 29.8 Å². The van der Waals surface area contributed by atoms with E-state index in [2.05, 4.69) is 10.3 Å². The Labute approximate surface area is 170 Å². The summed E-state index contributed by atoms with van der Waals surface area (Å²) in [5.74, 6) is -0.883. The molecule has 0 fully saturated rings. The summed E-state index contributed by atoms with van der Waals surface area (Å²) in [6.45, 7) is 2.29. The number of carbonyl (C=O) groups excluding carboxylic acids is 1. The van der Waals surface area contributed by atoms with Crippen LogP contribution in [0.4, 0.5) is 4.39 Å². The molecule has 2 N–H and O–H groups in total. The van der Waals surface area contributed by atoms with Crippen LogP contribution >= 0.6 is 0 Å². The fourth-order valence-electron chi connectivity index (χ4n) is 3.35. The number of hydrogen-bond acceptors (Lipinski definition) is 3. The number of H-pyrrole nitrogens is 1. The summed E-state index contributed by atoms with van der Waals surface area (Å²) in [6.07, 6.45) is 1.50. The third kappa shape index (κ3) is 3.43. The molecule has 0 atom stereocenters. The third-order valence-corrected chi connectivity index (χ3v) is 4.93. The van der Waals surface area contributed by atoms with E-state index in [1.807, 2.05) is 31.2 Å². The fourth-order valence-corrected chi connectivity index (χ4v) is 3.35. The van der Waals surface area contributed by atoms with Crippen LogP contribution in [0.1, 0.15) is 21.5 Å². The van der Waals surface area contributed by atoms with Crippen LogP contribution in [0.2, 0.25) is 0 Å². The minimum absolute atomic E-state index is 0.160. The molecule has 8 heteroatoms. The molecule has 0 unspecified atom stereocenters. The number of rotatable bonds is 4. The van der Waals surface area contributed by atoms with Crippen LogP contribution < -0.4 is 16.6 Å². The van der Waals surface area contributed by atoms with Crippen LogP contribution in [0.3, 0.4) is 0 Å². The molecular weight excluding hydrogens is 387 g/mol. The van der Waals surface area contributed by atoms with Gasteiger partial charge in [0.2, 0.25) is 0 Å². The van der Waals surface area contributed by atoms with Crippen LogP contribution in [0, 0.1) is 12.7 Å². The quantitative estimate of drug-likeness (QED) is 0.545. The van der Waals surface area contributed by atoms with Crippen molar-refractivity contribution in [2.45, 2.75) is 13.5 Å². The highest BCUT2D eigenvalue weighted by Crippen LogP contribution is 2.15. The van der Waals surface area contributed by atoms with Crippen molar-refractivity contribution >= 4 is 16.9 Å². The Morgan fingerprint density at radius 1 is 1.07 bits per heavy atom. The number of fused-ring (bicyclic) bond motifs is 1. The Balaban J connectivity index is 1.73. The van der Waals surface area contributed by atoms with Crippen LogP contribution in [-0.2, 0) is 13.6 Å². The van der Waals surface area contributed by atoms with Gasteiger partial charge in [-0.05, 0) is 36.8 Å². The van der Waals surface area contributed by atoms with Gasteiger partial charge in [-0.3, -0.25) is 9.59 Å². The molecule has 0 aliphatic heterocycles. The smallest absolute Gasteiger partial charge is 0.333 e. The van der Waals surface area contributed by atoms with Gasteiger partial charge >= 0.3 is 5.69 Å². The molecule has 0 bridgehead atoms. The highest BCUT2D eigenvalue weighted by atomic mass is 19.1. The lowest BCUT2D eigenvalue weighted by atomic mass is 10.1. The van der Waals surface area contributed by atoms with E-state index in [1.165, 1.54) is 35.0 Å². The zero-order chi connectivity index (χ0) is 21.4. The van der Waals surface area contributed by atoms with E-state index in [-0.39, 0.29) is 22.3 Å². The number of aromatic amines is 1. The maximum absolute atomic E-state index is 13.2. The van der Waals surface area contributed by atoms with Crippen LogP contribution in [0.15, 0.2) is 64.3 Å². The molecule has 2 aromatic carbocycles. The number of nitrogens with one attached hydrogen (secondary N) is 2. The van der Waals surface area contributed by atoms with Crippen LogP contribution in [-0.4, -0.2) is 20.0 Å². The third-order valence-electron chi connectivity index (χ3n) is 4.93. The molecule has 0 aliphatic rings. The van der Waals surface area contributed by atoms with E-state index in [0.717, 1.165) is 15.7 Å². The number of halogens is 1. The standard InChI is InChI=1S/C22H19FN4O3/c1-13-3-5-14(6-4-13)11-24-20(28)17-12-26(2)19-18(17)25-22(30)27(21(19)29)16-9-7-15(23)8-10-16/h3-10,12H,11H2,1-2H3,(H,24,28)(H,25,30). The number of carbonyl (C=O) groups is 1. The second-order valence-electron chi connectivity index (χ2n) is 7.09. The van der Waals surface area contributed by atoms with Crippen molar-refractivity contribution in [1.29, 1.82) is 0 Å². The molecule has 2 aromatic heterocycles. The van der Waals surface area contributed by atoms with Gasteiger partial charge in [0.15, 0.2) is 0 Å². The van der Waals surface area contributed by atoms with E-state index in [9.17, 15) is 18.8 Å². The van der Waals surface area contributed by atoms with E-state index in [0.29, 0.717) is 6.54 Å². The lowest BCUT2D eigenvalue weighted by molar-refractivity contribution is 0.0952. The van der Waals surface area contributed by atoms with Crippen molar-refractivity contribution in [3.8, 4) is 5.69 Å². The summed E-state index contributed by atoms with van der Waals surface area (Å²) in [6, 6.07) is 12.8. The molecular formula is C22H19FN4O3. The predicted molar refractivity (Wildman–Crippen MR) is 111 cm³/mol. The Kier molecular flexibility index (Phi) is 4.83. The van der Waals surface area contributed by atoms with Crippen molar-refractivity contribution in [3.05, 3.63) is 98.1 Å². The maximum atomic E-state index is 13.2. The molecule has 4 rings (SSSR count). The van der Waals surface area contributed by atoms with Crippen LogP contribution in [0.5, 0.6) is 0 Å². The first-order chi connectivity index (χ1) is 14.3. The lowest BCUT2D eigenvalue weighted by Gasteiger charge is -2.07. The molecule has 1 amide bonds. The van der Waals surface area contributed by atoms with Crippen molar-refractivity contribution in [2.75, 3.05) is 0 Å². The van der Waals surface area contributed by atoms with Crippen molar-refractivity contribution in [2.24, 2.45) is 7.05 Å². The first-order valence-electron chi connectivity index (χ1n) is 9.29. The molecule has 0 spiro atoms. The van der Waals surface area contributed by atoms with Gasteiger partial charge < -0.3 is 14.9 Å². The van der Waals surface area contributed by atoms with E-state index < -0.39 is 23.0 Å². The zero-order valence-electron chi connectivity index (χ0n) is 16.4. The second kappa shape index (κ2) is 7.47. The Morgan fingerprint density at radius 3 is 2.40 bits per heavy atom. The summed E-state index contributed by atoms with van der Waals surface area (Å²) >= 11 is 0. The highest BCUT2D eigenvalue weighted by Gasteiger charge is 2.20. The first-order valence-corrected chi connectivity index (χ1v) is 9.29. The second-order valence-corrected chi connectivity index (χ2v) is 7.09. The Bertz CT molecular complexity index is 1360. The number of hydrogen-bond donors (Lipinski definition) is 2. The normalized spacial score (nSPS) is 11.0. The Morgan fingerprint density at radius 2 is 1.73 bits per heavy atom. The number of aromatic nitrogens is 3. The van der Waals surface area contributed by atoms with Crippen molar-refractivity contribution in [3.63, 3.8) is 0 Å². The molecule has 0 saturated heterocycles. The van der Waals surface area contributed by atoms with E-state index in [4.69, 9.17) is 0 Å². The van der Waals surface area contributed by atoms with E-state index in [1.54, 1.807) is 7.05 Å². The average molecular weight is 406 g/mol. The molecule has 2 heterocycles. The fraction of sp³-hybridized carbons (Fsp3) is 0.136. The predicted octanol–water partition coefficient (Wildman–Crippen LogP) is 2.40. The molecule has 7 nitrogen and oxygen atoms in total. The minimum atomic E-state index is -0.710. The molecule has 4 aromatic rings. The van der Waals surface area contributed by atoms with Gasteiger partial charge in [0.1, 0.15) is 11.3 Å². The number of benzene rings is 2. The van der Waals surface area contributed by atoms with Gasteiger partial charge in [0.05, 0.1) is 16.8 Å². The Hall–Kier alpha value is -3.94.